The number of nitrogens with zero attached hydrogens (tertiary/aromatic N) is 2. The molecular formula is C12H20BrN3O2. The molecule has 2 rings (SSSR count). The van der Waals surface area contributed by atoms with E-state index in [1.54, 1.807) is 14.2 Å². The first-order valence-electron chi connectivity index (χ1n) is 6.17. The largest absolute Gasteiger partial charge is 0.369 e. The Hall–Kier alpha value is -0.590. The molecule has 1 aliphatic rings. The molecule has 0 amide bonds. The van der Waals surface area contributed by atoms with Gasteiger partial charge in [-0.2, -0.15) is 5.10 Å². The molecule has 1 N–H and O–H groups in total. The molecular weight excluding hydrogens is 298 g/mol. The molecule has 102 valence electrons. The average molecular weight is 318 g/mol. The number of ether oxygens (including phenoxy) is 2. The van der Waals surface area contributed by atoms with Crippen LogP contribution in [0.25, 0.3) is 0 Å². The van der Waals surface area contributed by atoms with Crippen LogP contribution in [-0.4, -0.2) is 36.8 Å². The van der Waals surface area contributed by atoms with E-state index in [2.05, 4.69) is 35.1 Å². The van der Waals surface area contributed by atoms with E-state index in [0.29, 0.717) is 5.92 Å². The molecule has 2 heterocycles. The molecule has 1 unspecified atom stereocenters. The molecule has 0 saturated carbocycles. The van der Waals surface area contributed by atoms with Crippen LogP contribution in [0.15, 0.2) is 4.47 Å². The van der Waals surface area contributed by atoms with Crippen molar-refractivity contribution in [3.8, 4) is 0 Å². The van der Waals surface area contributed by atoms with E-state index in [0.717, 1.165) is 29.0 Å². The zero-order valence-corrected chi connectivity index (χ0v) is 12.8. The summed E-state index contributed by atoms with van der Waals surface area (Å²) in [6.07, 6.45) is 0.669. The predicted molar refractivity (Wildman–Crippen MR) is 74.0 cm³/mol. The standard InChI is InChI=1S/C12H20BrN3O2/c1-7(2)10-9(13)11-14-6-5-8(16(11)15-10)12(17-3)18-4/h7-8,12,14H,5-6H2,1-4H3. The molecule has 5 nitrogen and oxygen atoms in total. The van der Waals surface area contributed by atoms with E-state index in [-0.39, 0.29) is 12.3 Å². The summed E-state index contributed by atoms with van der Waals surface area (Å²) >= 11 is 3.63. The highest BCUT2D eigenvalue weighted by atomic mass is 79.9. The van der Waals surface area contributed by atoms with Crippen molar-refractivity contribution in [3.05, 3.63) is 10.2 Å². The third kappa shape index (κ3) is 2.29. The molecule has 1 aromatic rings. The third-order valence-corrected chi connectivity index (χ3v) is 4.03. The molecule has 0 bridgehead atoms. The lowest BCUT2D eigenvalue weighted by Gasteiger charge is -2.30. The number of halogens is 1. The van der Waals surface area contributed by atoms with Crippen LogP contribution in [0.4, 0.5) is 5.82 Å². The summed E-state index contributed by atoms with van der Waals surface area (Å²) in [5, 5.41) is 8.08. The molecule has 0 aliphatic carbocycles. The Morgan fingerprint density at radius 1 is 1.39 bits per heavy atom. The fraction of sp³-hybridized carbons (Fsp3) is 0.750. The predicted octanol–water partition coefficient (Wildman–Crippen LogP) is 2.74. The summed E-state index contributed by atoms with van der Waals surface area (Å²) in [5.74, 6) is 1.40. The quantitative estimate of drug-likeness (QED) is 0.867. The van der Waals surface area contributed by atoms with Gasteiger partial charge in [0.1, 0.15) is 11.9 Å². The third-order valence-electron chi connectivity index (χ3n) is 3.25. The second kappa shape index (κ2) is 5.59. The maximum Gasteiger partial charge on any atom is 0.179 e. The Morgan fingerprint density at radius 2 is 2.06 bits per heavy atom. The van der Waals surface area contributed by atoms with Gasteiger partial charge in [0.2, 0.25) is 0 Å². The molecule has 18 heavy (non-hydrogen) atoms. The monoisotopic (exact) mass is 317 g/mol. The highest BCUT2D eigenvalue weighted by molar-refractivity contribution is 9.10. The average Bonchev–Trinajstić information content (AvgIpc) is 2.70. The van der Waals surface area contributed by atoms with Crippen LogP contribution >= 0.6 is 15.9 Å². The maximum absolute atomic E-state index is 5.38. The van der Waals surface area contributed by atoms with E-state index >= 15 is 0 Å². The molecule has 1 aliphatic heterocycles. The van der Waals surface area contributed by atoms with E-state index in [4.69, 9.17) is 14.6 Å². The summed E-state index contributed by atoms with van der Waals surface area (Å²) in [6, 6.07) is 0.111. The molecule has 1 atom stereocenters. The molecule has 1 aromatic heterocycles. The van der Waals surface area contributed by atoms with Gasteiger partial charge < -0.3 is 14.8 Å². The second-order valence-electron chi connectivity index (χ2n) is 4.77. The normalized spacial score (nSPS) is 19.2. The first-order chi connectivity index (χ1) is 8.60. The number of hydrogen-bond acceptors (Lipinski definition) is 4. The van der Waals surface area contributed by atoms with Crippen LogP contribution in [0.1, 0.15) is 37.9 Å². The van der Waals surface area contributed by atoms with Crippen molar-refractivity contribution in [2.24, 2.45) is 0 Å². The second-order valence-corrected chi connectivity index (χ2v) is 5.56. The van der Waals surface area contributed by atoms with E-state index in [9.17, 15) is 0 Å². The van der Waals surface area contributed by atoms with Crippen molar-refractivity contribution in [1.82, 2.24) is 9.78 Å². The molecule has 0 spiro atoms. The maximum atomic E-state index is 5.38. The van der Waals surface area contributed by atoms with Gasteiger partial charge in [0.15, 0.2) is 6.29 Å². The number of rotatable bonds is 4. The van der Waals surface area contributed by atoms with Crippen LogP contribution in [0.2, 0.25) is 0 Å². The molecule has 0 saturated heterocycles. The zero-order valence-electron chi connectivity index (χ0n) is 11.2. The lowest BCUT2D eigenvalue weighted by Crippen LogP contribution is -2.34. The van der Waals surface area contributed by atoms with Crippen LogP contribution in [-0.2, 0) is 9.47 Å². The Labute approximate surface area is 116 Å². The molecule has 0 aromatic carbocycles. The minimum Gasteiger partial charge on any atom is -0.369 e. The van der Waals surface area contributed by atoms with Gasteiger partial charge in [-0.05, 0) is 28.3 Å². The van der Waals surface area contributed by atoms with Crippen molar-refractivity contribution < 1.29 is 9.47 Å². The molecule has 6 heteroatoms. The smallest absolute Gasteiger partial charge is 0.179 e. The summed E-state index contributed by atoms with van der Waals surface area (Å²) in [5.41, 5.74) is 1.07. The Morgan fingerprint density at radius 3 is 2.61 bits per heavy atom. The van der Waals surface area contributed by atoms with Crippen LogP contribution in [0.3, 0.4) is 0 Å². The van der Waals surface area contributed by atoms with Crippen molar-refractivity contribution >= 4 is 21.7 Å². The van der Waals surface area contributed by atoms with E-state index in [1.165, 1.54) is 0 Å². The Kier molecular flexibility index (Phi) is 4.29. The van der Waals surface area contributed by atoms with Crippen molar-refractivity contribution in [1.29, 1.82) is 0 Å². The minimum atomic E-state index is -0.266. The van der Waals surface area contributed by atoms with Crippen molar-refractivity contribution in [2.75, 3.05) is 26.1 Å². The van der Waals surface area contributed by atoms with Gasteiger partial charge in [-0.25, -0.2) is 4.68 Å². The van der Waals surface area contributed by atoms with Crippen LogP contribution in [0, 0.1) is 0 Å². The van der Waals surface area contributed by atoms with Crippen LogP contribution in [0.5, 0.6) is 0 Å². The summed E-state index contributed by atoms with van der Waals surface area (Å²) in [7, 11) is 3.33. The number of methoxy groups -OCH3 is 2. The molecule has 0 fully saturated rings. The van der Waals surface area contributed by atoms with Crippen molar-refractivity contribution in [2.45, 2.75) is 38.5 Å². The van der Waals surface area contributed by atoms with E-state index < -0.39 is 0 Å². The van der Waals surface area contributed by atoms with Gasteiger partial charge in [0, 0.05) is 20.8 Å². The lowest BCUT2D eigenvalue weighted by atomic mass is 10.1. The van der Waals surface area contributed by atoms with Gasteiger partial charge in [0.25, 0.3) is 0 Å². The van der Waals surface area contributed by atoms with Gasteiger partial charge >= 0.3 is 0 Å². The highest BCUT2D eigenvalue weighted by Gasteiger charge is 2.31. The van der Waals surface area contributed by atoms with E-state index in [1.807, 2.05) is 4.68 Å². The number of aromatic nitrogens is 2. The summed E-state index contributed by atoms with van der Waals surface area (Å²) < 4.78 is 13.8. The van der Waals surface area contributed by atoms with Crippen molar-refractivity contribution in [3.63, 3.8) is 0 Å². The van der Waals surface area contributed by atoms with Gasteiger partial charge in [-0.15, -0.1) is 0 Å². The fourth-order valence-corrected chi connectivity index (χ4v) is 3.18. The first-order valence-corrected chi connectivity index (χ1v) is 6.96. The number of fused-ring (bicyclic) bond motifs is 1. The SMILES string of the molecule is COC(OC)C1CCNc2c(Br)c(C(C)C)nn21. The number of nitrogens with one attached hydrogen (secondary N) is 1. The fourth-order valence-electron chi connectivity index (χ4n) is 2.32. The summed E-state index contributed by atoms with van der Waals surface area (Å²) in [6.45, 7) is 5.17. The number of anilines is 1. The zero-order chi connectivity index (χ0) is 13.3. The summed E-state index contributed by atoms with van der Waals surface area (Å²) in [4.78, 5) is 0. The van der Waals surface area contributed by atoms with Gasteiger partial charge in [-0.1, -0.05) is 13.8 Å². The van der Waals surface area contributed by atoms with Gasteiger partial charge in [0.05, 0.1) is 10.2 Å². The van der Waals surface area contributed by atoms with Crippen LogP contribution < -0.4 is 5.32 Å². The number of hydrogen-bond donors (Lipinski definition) is 1. The molecule has 0 radical (unpaired) electrons. The Balaban J connectivity index is 2.40. The Bertz CT molecular complexity index is 416. The lowest BCUT2D eigenvalue weighted by molar-refractivity contribution is -0.135. The van der Waals surface area contributed by atoms with Gasteiger partial charge in [-0.3, -0.25) is 0 Å². The minimum absolute atomic E-state index is 0.111. The first kappa shape index (κ1) is 13.8. The topological polar surface area (TPSA) is 48.3 Å². The highest BCUT2D eigenvalue weighted by Crippen LogP contribution is 2.37.